The second-order valence-electron chi connectivity index (χ2n) is 5.64. The highest BCUT2D eigenvalue weighted by molar-refractivity contribution is 5.99. The third-order valence-corrected chi connectivity index (χ3v) is 3.86. The Morgan fingerprint density at radius 2 is 1.93 bits per heavy atom. The SMILES string of the molecule is COc1ccc2oc(C(=O)NNC(=O)COc3ccccc3F)c(C)c2c1. The van der Waals surface area contributed by atoms with Crippen molar-refractivity contribution in [3.8, 4) is 11.5 Å². The van der Waals surface area contributed by atoms with E-state index in [-0.39, 0.29) is 11.5 Å². The second-order valence-corrected chi connectivity index (χ2v) is 5.64. The van der Waals surface area contributed by atoms with Gasteiger partial charge in [0.05, 0.1) is 7.11 Å². The van der Waals surface area contributed by atoms with Crippen LogP contribution in [0.4, 0.5) is 4.39 Å². The van der Waals surface area contributed by atoms with Crippen LogP contribution in [0.3, 0.4) is 0 Å². The summed E-state index contributed by atoms with van der Waals surface area (Å²) >= 11 is 0. The summed E-state index contributed by atoms with van der Waals surface area (Å²) in [5.74, 6) is -1.21. The number of hydrogen-bond donors (Lipinski definition) is 2. The maximum absolute atomic E-state index is 13.4. The number of furan rings is 1. The van der Waals surface area contributed by atoms with Gasteiger partial charge in [0.2, 0.25) is 0 Å². The number of hydrazine groups is 1. The Bertz CT molecular complexity index is 999. The van der Waals surface area contributed by atoms with Crippen molar-refractivity contribution in [2.24, 2.45) is 0 Å². The molecule has 2 aromatic carbocycles. The van der Waals surface area contributed by atoms with Crippen LogP contribution in [-0.2, 0) is 4.79 Å². The molecular weight excluding hydrogens is 355 g/mol. The van der Waals surface area contributed by atoms with Crippen molar-refractivity contribution in [1.29, 1.82) is 0 Å². The van der Waals surface area contributed by atoms with Gasteiger partial charge in [-0.1, -0.05) is 12.1 Å². The van der Waals surface area contributed by atoms with Gasteiger partial charge in [-0.3, -0.25) is 20.4 Å². The average Bonchev–Trinajstić information content (AvgIpc) is 3.01. The summed E-state index contributed by atoms with van der Waals surface area (Å²) in [5, 5.41) is 0.730. The fourth-order valence-electron chi connectivity index (χ4n) is 2.47. The lowest BCUT2D eigenvalue weighted by Gasteiger charge is -2.08. The molecule has 0 spiro atoms. The number of amides is 2. The van der Waals surface area contributed by atoms with Gasteiger partial charge in [-0.15, -0.1) is 0 Å². The molecule has 0 aliphatic carbocycles. The van der Waals surface area contributed by atoms with E-state index in [4.69, 9.17) is 13.9 Å². The van der Waals surface area contributed by atoms with Gasteiger partial charge in [0, 0.05) is 10.9 Å². The number of para-hydroxylation sites is 1. The van der Waals surface area contributed by atoms with Crippen molar-refractivity contribution >= 4 is 22.8 Å². The van der Waals surface area contributed by atoms with E-state index >= 15 is 0 Å². The fourth-order valence-corrected chi connectivity index (χ4v) is 2.47. The number of benzene rings is 2. The predicted molar refractivity (Wildman–Crippen MR) is 95.0 cm³/mol. The molecule has 8 heteroatoms. The summed E-state index contributed by atoms with van der Waals surface area (Å²) in [6.07, 6.45) is 0. The van der Waals surface area contributed by atoms with Gasteiger partial charge in [-0.25, -0.2) is 4.39 Å². The van der Waals surface area contributed by atoms with E-state index in [0.29, 0.717) is 16.9 Å². The summed E-state index contributed by atoms with van der Waals surface area (Å²) in [7, 11) is 1.54. The number of fused-ring (bicyclic) bond motifs is 1. The molecule has 7 nitrogen and oxygen atoms in total. The molecule has 2 amide bonds. The topological polar surface area (TPSA) is 89.8 Å². The fraction of sp³-hybridized carbons (Fsp3) is 0.158. The van der Waals surface area contributed by atoms with Crippen LogP contribution in [0, 0.1) is 12.7 Å². The Labute approximate surface area is 154 Å². The van der Waals surface area contributed by atoms with Gasteiger partial charge >= 0.3 is 5.91 Å². The molecule has 1 aromatic heterocycles. The minimum absolute atomic E-state index is 0.0546. The van der Waals surface area contributed by atoms with E-state index < -0.39 is 24.2 Å². The zero-order valence-corrected chi connectivity index (χ0v) is 14.7. The van der Waals surface area contributed by atoms with Crippen molar-refractivity contribution in [2.75, 3.05) is 13.7 Å². The molecule has 27 heavy (non-hydrogen) atoms. The van der Waals surface area contributed by atoms with E-state index in [1.165, 1.54) is 18.2 Å². The molecule has 140 valence electrons. The number of nitrogens with one attached hydrogen (secondary N) is 2. The molecule has 0 aliphatic rings. The molecule has 0 saturated heterocycles. The van der Waals surface area contributed by atoms with Crippen molar-refractivity contribution in [1.82, 2.24) is 10.9 Å². The van der Waals surface area contributed by atoms with Crippen LogP contribution in [0.1, 0.15) is 16.1 Å². The molecule has 2 N–H and O–H groups in total. The Hall–Kier alpha value is -3.55. The maximum Gasteiger partial charge on any atom is 0.305 e. The number of carbonyl (C=O) groups excluding carboxylic acids is 2. The van der Waals surface area contributed by atoms with Crippen LogP contribution in [-0.4, -0.2) is 25.5 Å². The Morgan fingerprint density at radius 1 is 1.15 bits per heavy atom. The number of rotatable bonds is 5. The van der Waals surface area contributed by atoms with E-state index in [0.717, 1.165) is 5.39 Å². The molecule has 0 saturated carbocycles. The number of methoxy groups -OCH3 is 1. The number of ether oxygens (including phenoxy) is 2. The molecule has 0 fully saturated rings. The van der Waals surface area contributed by atoms with Crippen molar-refractivity contribution < 1.29 is 27.9 Å². The van der Waals surface area contributed by atoms with E-state index in [9.17, 15) is 14.0 Å². The highest BCUT2D eigenvalue weighted by atomic mass is 19.1. The molecule has 0 radical (unpaired) electrons. The van der Waals surface area contributed by atoms with Crippen LogP contribution in [0.5, 0.6) is 11.5 Å². The van der Waals surface area contributed by atoms with Gasteiger partial charge in [0.15, 0.2) is 23.9 Å². The van der Waals surface area contributed by atoms with Crippen molar-refractivity contribution in [3.63, 3.8) is 0 Å². The summed E-state index contributed by atoms with van der Waals surface area (Å²) in [5.41, 5.74) is 5.57. The van der Waals surface area contributed by atoms with Crippen LogP contribution < -0.4 is 20.3 Å². The van der Waals surface area contributed by atoms with Gasteiger partial charge in [0.25, 0.3) is 5.91 Å². The van der Waals surface area contributed by atoms with Crippen LogP contribution in [0.15, 0.2) is 46.9 Å². The summed E-state index contributed by atoms with van der Waals surface area (Å²) in [6, 6.07) is 10.9. The first kappa shape index (κ1) is 18.2. The van der Waals surface area contributed by atoms with Crippen LogP contribution >= 0.6 is 0 Å². The number of carbonyl (C=O) groups is 2. The molecule has 0 unspecified atom stereocenters. The highest BCUT2D eigenvalue weighted by Crippen LogP contribution is 2.28. The molecule has 0 atom stereocenters. The van der Waals surface area contributed by atoms with Crippen LogP contribution in [0.2, 0.25) is 0 Å². The standard InChI is InChI=1S/C19H17FN2O5/c1-11-13-9-12(25-2)7-8-15(13)27-18(11)19(24)22-21-17(23)10-26-16-6-4-3-5-14(16)20/h3-9H,10H2,1-2H3,(H,21,23)(H,22,24). The molecule has 3 aromatic rings. The minimum Gasteiger partial charge on any atom is -0.497 e. The van der Waals surface area contributed by atoms with Gasteiger partial charge in [0.1, 0.15) is 11.3 Å². The number of aryl methyl sites for hydroxylation is 1. The first-order chi connectivity index (χ1) is 13.0. The lowest BCUT2D eigenvalue weighted by Crippen LogP contribution is -2.43. The monoisotopic (exact) mass is 372 g/mol. The summed E-state index contributed by atoms with van der Waals surface area (Å²) in [6.45, 7) is 1.26. The first-order valence-electron chi connectivity index (χ1n) is 8.03. The van der Waals surface area contributed by atoms with Crippen molar-refractivity contribution in [2.45, 2.75) is 6.92 Å². The highest BCUT2D eigenvalue weighted by Gasteiger charge is 2.18. The van der Waals surface area contributed by atoms with Gasteiger partial charge in [-0.2, -0.15) is 0 Å². The van der Waals surface area contributed by atoms with Gasteiger partial charge < -0.3 is 13.9 Å². The molecule has 0 aliphatic heterocycles. The van der Waals surface area contributed by atoms with E-state index in [1.54, 1.807) is 38.3 Å². The third kappa shape index (κ3) is 4.00. The maximum atomic E-state index is 13.4. The zero-order valence-electron chi connectivity index (χ0n) is 14.7. The Balaban J connectivity index is 1.60. The van der Waals surface area contributed by atoms with E-state index in [2.05, 4.69) is 10.9 Å². The largest absolute Gasteiger partial charge is 0.497 e. The quantitative estimate of drug-likeness (QED) is 0.672. The minimum atomic E-state index is -0.651. The van der Waals surface area contributed by atoms with Gasteiger partial charge in [-0.05, 0) is 37.3 Å². The van der Waals surface area contributed by atoms with Crippen LogP contribution in [0.25, 0.3) is 11.0 Å². The predicted octanol–water partition coefficient (Wildman–Crippen LogP) is 2.73. The van der Waals surface area contributed by atoms with Crippen molar-refractivity contribution in [3.05, 3.63) is 59.6 Å². The number of hydrogen-bond acceptors (Lipinski definition) is 5. The number of halogens is 1. The zero-order chi connectivity index (χ0) is 19.4. The van der Waals surface area contributed by atoms with E-state index in [1.807, 2.05) is 0 Å². The normalized spacial score (nSPS) is 10.5. The summed E-state index contributed by atoms with van der Waals surface area (Å²) < 4.78 is 29.2. The average molecular weight is 372 g/mol. The molecule has 1 heterocycles. The Kier molecular flexibility index (Phi) is 5.25. The second kappa shape index (κ2) is 7.77. The smallest absolute Gasteiger partial charge is 0.305 e. The first-order valence-corrected chi connectivity index (χ1v) is 8.03. The lowest BCUT2D eigenvalue weighted by atomic mass is 10.1. The lowest BCUT2D eigenvalue weighted by molar-refractivity contribution is -0.123. The molecule has 0 bridgehead atoms. The molecular formula is C19H17FN2O5. The Morgan fingerprint density at radius 3 is 2.67 bits per heavy atom. The molecule has 3 rings (SSSR count). The third-order valence-electron chi connectivity index (χ3n) is 3.86. The summed E-state index contributed by atoms with van der Waals surface area (Å²) in [4.78, 5) is 24.1.